The van der Waals surface area contributed by atoms with Crippen LogP contribution in [-0.2, 0) is 10.5 Å². The zero-order valence-electron chi connectivity index (χ0n) is 17.9. The summed E-state index contributed by atoms with van der Waals surface area (Å²) in [5.41, 5.74) is 8.27. The number of aliphatic imine (C=N–C) groups is 1. The van der Waals surface area contributed by atoms with Crippen molar-refractivity contribution in [3.05, 3.63) is 40.7 Å². The molecule has 0 bridgehead atoms. The van der Waals surface area contributed by atoms with Gasteiger partial charge in [-0.2, -0.15) is 18.4 Å². The molecule has 2 heterocycles. The van der Waals surface area contributed by atoms with Crippen molar-refractivity contribution in [3.8, 4) is 11.5 Å². The summed E-state index contributed by atoms with van der Waals surface area (Å²) in [7, 11) is -4.29. The maximum Gasteiger partial charge on any atom is 0.488 e. The highest BCUT2D eigenvalue weighted by Gasteiger charge is 2.18. The number of nitrogens with one attached hydrogen (secondary N) is 3. The van der Waals surface area contributed by atoms with E-state index in [1.54, 1.807) is 7.05 Å². The van der Waals surface area contributed by atoms with E-state index >= 15 is 0 Å². The lowest BCUT2D eigenvalue weighted by Gasteiger charge is -2.16. The van der Waals surface area contributed by atoms with Crippen molar-refractivity contribution in [1.29, 1.82) is 0 Å². The Labute approximate surface area is 196 Å². The molecule has 1 aromatic heterocycles. The third-order valence-electron chi connectivity index (χ3n) is 4.21. The molecule has 0 radical (unpaired) electrons. The Kier molecular flexibility index (Phi) is 7.90. The van der Waals surface area contributed by atoms with E-state index < -0.39 is 18.7 Å². The molecule has 0 aliphatic carbocycles. The lowest BCUT2D eigenvalue weighted by atomic mass is 10.2. The molecule has 2 aromatic rings. The number of anilines is 2. The van der Waals surface area contributed by atoms with Gasteiger partial charge in [0.05, 0.1) is 20.0 Å². The summed E-state index contributed by atoms with van der Waals surface area (Å²) in [5, 5.41) is 9.44. The normalized spacial score (nSPS) is 14.5. The second-order valence-electron chi connectivity index (χ2n) is 6.84. The van der Waals surface area contributed by atoms with E-state index in [-0.39, 0.29) is 34.1 Å². The first-order valence-corrected chi connectivity index (χ1v) is 13.3. The highest BCUT2D eigenvalue weighted by atomic mass is 35.5. The van der Waals surface area contributed by atoms with Gasteiger partial charge in [0.1, 0.15) is 22.4 Å². The Morgan fingerprint density at radius 3 is 2.79 bits per heavy atom. The van der Waals surface area contributed by atoms with Crippen LogP contribution in [0.25, 0.3) is 0 Å². The molecule has 0 saturated carbocycles. The zero-order valence-corrected chi connectivity index (χ0v) is 20.4. The van der Waals surface area contributed by atoms with Crippen molar-refractivity contribution in [2.75, 3.05) is 38.8 Å². The Balaban J connectivity index is 1.92. The summed E-state index contributed by atoms with van der Waals surface area (Å²) in [5.74, 6) is 0.512. The van der Waals surface area contributed by atoms with Crippen LogP contribution in [0.2, 0.25) is 5.02 Å². The van der Waals surface area contributed by atoms with Gasteiger partial charge in [0.25, 0.3) is 5.95 Å². The SMILES string of the molecule is CNC1=C(C(N)=Nc2ncc(Cl)c(Nc3ccc(OS(=O)(=O)F)cc3OP(C)C)n2)CNC1. The van der Waals surface area contributed by atoms with Crippen molar-refractivity contribution in [2.45, 2.75) is 0 Å². The molecule has 3 rings (SSSR count). The zero-order chi connectivity index (χ0) is 24.2. The second kappa shape index (κ2) is 10.5. The number of amidine groups is 1. The van der Waals surface area contributed by atoms with Gasteiger partial charge in [0.2, 0.25) is 0 Å². The fourth-order valence-electron chi connectivity index (χ4n) is 2.86. The minimum atomic E-state index is -5.18. The first-order chi connectivity index (χ1) is 15.6. The van der Waals surface area contributed by atoms with E-state index in [2.05, 4.69) is 35.1 Å². The molecule has 0 saturated heterocycles. The van der Waals surface area contributed by atoms with Crippen molar-refractivity contribution in [3.63, 3.8) is 0 Å². The average molecular weight is 518 g/mol. The van der Waals surface area contributed by atoms with E-state index in [0.717, 1.165) is 11.3 Å². The predicted octanol–water partition coefficient (Wildman–Crippen LogP) is 2.57. The van der Waals surface area contributed by atoms with E-state index in [0.29, 0.717) is 18.8 Å². The molecule has 0 unspecified atom stereocenters. The van der Waals surface area contributed by atoms with E-state index in [1.165, 1.54) is 24.4 Å². The lowest BCUT2D eigenvalue weighted by Crippen LogP contribution is -2.20. The smallest absolute Gasteiger partial charge is 0.472 e. The number of halogens is 2. The van der Waals surface area contributed by atoms with Gasteiger partial charge in [-0.15, -0.1) is 0 Å². The quantitative estimate of drug-likeness (QED) is 0.169. The number of hydrogen-bond acceptors (Lipinski definition) is 10. The highest BCUT2D eigenvalue weighted by Crippen LogP contribution is 2.40. The third kappa shape index (κ3) is 6.87. The summed E-state index contributed by atoms with van der Waals surface area (Å²) in [6, 6.07) is 3.94. The topological polar surface area (TPSA) is 153 Å². The van der Waals surface area contributed by atoms with E-state index in [4.69, 9.17) is 21.9 Å². The van der Waals surface area contributed by atoms with Crippen LogP contribution in [0.1, 0.15) is 0 Å². The van der Waals surface area contributed by atoms with Crippen LogP contribution in [0.4, 0.5) is 21.3 Å². The van der Waals surface area contributed by atoms with Gasteiger partial charge in [-0.25, -0.2) is 4.98 Å². The fraction of sp³-hybridized carbons (Fsp3) is 0.278. The van der Waals surface area contributed by atoms with Crippen LogP contribution in [0.15, 0.2) is 40.7 Å². The molecule has 0 fully saturated rings. The van der Waals surface area contributed by atoms with Crippen LogP contribution < -0.4 is 30.4 Å². The average Bonchev–Trinajstić information content (AvgIpc) is 3.20. The molecule has 0 atom stereocenters. The largest absolute Gasteiger partial charge is 0.488 e. The van der Waals surface area contributed by atoms with Crippen molar-refractivity contribution < 1.29 is 21.0 Å². The molecule has 1 aromatic carbocycles. The minimum Gasteiger partial charge on any atom is -0.472 e. The molecule has 5 N–H and O–H groups in total. The van der Waals surface area contributed by atoms with Gasteiger partial charge < -0.3 is 30.4 Å². The molecule has 0 spiro atoms. The Bertz CT molecular complexity index is 1210. The van der Waals surface area contributed by atoms with Crippen molar-refractivity contribution >= 4 is 53.5 Å². The highest BCUT2D eigenvalue weighted by molar-refractivity contribution is 7.81. The summed E-state index contributed by atoms with van der Waals surface area (Å²) in [6.45, 7) is 4.88. The number of benzene rings is 1. The molecule has 15 heteroatoms. The Hall–Kier alpha value is -2.73. The van der Waals surface area contributed by atoms with Crippen molar-refractivity contribution in [2.24, 2.45) is 10.7 Å². The summed E-state index contributed by atoms with van der Waals surface area (Å²) in [6.07, 6.45) is 1.36. The third-order valence-corrected chi connectivity index (χ3v) is 5.44. The molecule has 178 valence electrons. The monoisotopic (exact) mass is 517 g/mol. The summed E-state index contributed by atoms with van der Waals surface area (Å²) < 4.78 is 44.6. The Morgan fingerprint density at radius 2 is 2.12 bits per heavy atom. The number of rotatable bonds is 9. The number of aromatic nitrogens is 2. The first kappa shape index (κ1) is 24.9. The Morgan fingerprint density at radius 1 is 1.36 bits per heavy atom. The van der Waals surface area contributed by atoms with E-state index in [1.807, 2.05) is 13.3 Å². The van der Waals surface area contributed by atoms with Gasteiger partial charge >= 0.3 is 10.5 Å². The van der Waals surface area contributed by atoms with Crippen LogP contribution in [-0.4, -0.2) is 57.7 Å². The minimum absolute atomic E-state index is 0.0773. The summed E-state index contributed by atoms with van der Waals surface area (Å²) in [4.78, 5) is 12.7. The van der Waals surface area contributed by atoms with Gasteiger partial charge in [-0.3, -0.25) is 0 Å². The molecule has 33 heavy (non-hydrogen) atoms. The standard InChI is InChI=1S/C18H22ClFN7O4PS/c1-22-14-9-23-7-11(14)16(21)26-18-24-8-12(19)17(27-18)25-13-5-4-10(31-33(20,28)29)6-15(13)30-32(2)3/h4-6,8,22-23H,7,9H2,1-3H3,(H3,21,24,25,26,27). The maximum atomic E-state index is 12.9. The number of likely N-dealkylation sites (N-methyl/N-ethyl adjacent to an activating group) is 1. The van der Waals surface area contributed by atoms with Crippen molar-refractivity contribution in [1.82, 2.24) is 20.6 Å². The van der Waals surface area contributed by atoms with Gasteiger partial charge in [0, 0.05) is 37.5 Å². The van der Waals surface area contributed by atoms with Gasteiger partial charge in [-0.05, 0) is 25.5 Å². The van der Waals surface area contributed by atoms with Crippen LogP contribution >= 0.6 is 19.7 Å². The van der Waals surface area contributed by atoms with Crippen LogP contribution in [0, 0.1) is 0 Å². The molecule has 11 nitrogen and oxygen atoms in total. The maximum absolute atomic E-state index is 12.9. The molecule has 1 aliphatic heterocycles. The molecule has 0 amide bonds. The predicted molar refractivity (Wildman–Crippen MR) is 127 cm³/mol. The van der Waals surface area contributed by atoms with Crippen LogP contribution in [0.5, 0.6) is 11.5 Å². The van der Waals surface area contributed by atoms with E-state index in [9.17, 15) is 12.3 Å². The number of hydrogen-bond donors (Lipinski definition) is 4. The van der Waals surface area contributed by atoms with Crippen LogP contribution in [0.3, 0.4) is 0 Å². The first-order valence-electron chi connectivity index (χ1n) is 9.43. The fourth-order valence-corrected chi connectivity index (χ4v) is 3.87. The van der Waals surface area contributed by atoms with Gasteiger partial charge in [-0.1, -0.05) is 15.5 Å². The molecule has 1 aliphatic rings. The summed E-state index contributed by atoms with van der Waals surface area (Å²) >= 11 is 6.24. The second-order valence-corrected chi connectivity index (χ2v) is 10.0. The molecular formula is C18H22ClFN7O4PS. The van der Waals surface area contributed by atoms with Gasteiger partial charge in [0.15, 0.2) is 5.82 Å². The lowest BCUT2D eigenvalue weighted by molar-refractivity contribution is 0.439. The number of nitrogens with two attached hydrogens (primary N) is 1. The number of nitrogens with zero attached hydrogens (tertiary/aromatic N) is 3. The molecular weight excluding hydrogens is 496 g/mol.